The number of hydrogen-bond acceptors (Lipinski definition) is 2. The molecule has 4 nitrogen and oxygen atoms in total. The second-order valence-electron chi connectivity index (χ2n) is 5.98. The van der Waals surface area contributed by atoms with E-state index in [4.69, 9.17) is 0 Å². The van der Waals surface area contributed by atoms with Crippen molar-refractivity contribution in [3.63, 3.8) is 0 Å². The molecule has 1 N–H and O–H groups in total. The van der Waals surface area contributed by atoms with Gasteiger partial charge in [-0.2, -0.15) is 0 Å². The summed E-state index contributed by atoms with van der Waals surface area (Å²) in [6.07, 6.45) is 1.78. The Morgan fingerprint density at radius 3 is 2.36 bits per heavy atom. The monoisotopic (exact) mass is 328 g/mol. The van der Waals surface area contributed by atoms with Crippen LogP contribution in [-0.2, 0) is 7.05 Å². The van der Waals surface area contributed by atoms with Crippen LogP contribution in [0.1, 0.15) is 15.9 Å². The molecule has 0 aliphatic rings. The van der Waals surface area contributed by atoms with E-state index < -0.39 is 0 Å². The Hall–Kier alpha value is -3.40. The maximum absolute atomic E-state index is 12.9. The van der Waals surface area contributed by atoms with Gasteiger partial charge in [0.05, 0.1) is 5.56 Å². The molecule has 4 heteroatoms. The molecule has 0 bridgehead atoms. The lowest BCUT2D eigenvalue weighted by Crippen LogP contribution is -2.18. The molecule has 2 aromatic carbocycles. The van der Waals surface area contributed by atoms with Crippen molar-refractivity contribution in [1.29, 1.82) is 0 Å². The van der Waals surface area contributed by atoms with Gasteiger partial charge in [0.15, 0.2) is 0 Å². The number of rotatable bonds is 3. The highest BCUT2D eigenvalue weighted by atomic mass is 16.1. The predicted molar refractivity (Wildman–Crippen MR) is 98.9 cm³/mol. The van der Waals surface area contributed by atoms with E-state index in [9.17, 15) is 9.59 Å². The summed E-state index contributed by atoms with van der Waals surface area (Å²) < 4.78 is 1.90. The second kappa shape index (κ2) is 5.91. The van der Waals surface area contributed by atoms with Gasteiger partial charge in [-0.05, 0) is 23.8 Å². The summed E-state index contributed by atoms with van der Waals surface area (Å²) in [5.74, 6) is -0.266. The van der Waals surface area contributed by atoms with E-state index >= 15 is 0 Å². The van der Waals surface area contributed by atoms with Gasteiger partial charge in [-0.3, -0.25) is 9.59 Å². The highest BCUT2D eigenvalue weighted by molar-refractivity contribution is 6.16. The minimum absolute atomic E-state index is 0.149. The lowest BCUT2D eigenvalue weighted by atomic mass is 10.0. The Morgan fingerprint density at radius 2 is 1.60 bits per heavy atom. The zero-order valence-corrected chi connectivity index (χ0v) is 13.7. The molecule has 122 valence electrons. The van der Waals surface area contributed by atoms with Crippen LogP contribution < -0.4 is 5.56 Å². The van der Waals surface area contributed by atoms with Crippen molar-refractivity contribution < 1.29 is 4.79 Å². The molecule has 4 aromatic rings. The number of fused-ring (bicyclic) bond motifs is 1. The Kier molecular flexibility index (Phi) is 3.58. The first kappa shape index (κ1) is 15.1. The fourth-order valence-corrected chi connectivity index (χ4v) is 3.11. The Balaban J connectivity index is 1.79. The van der Waals surface area contributed by atoms with Crippen LogP contribution in [0, 0.1) is 0 Å². The molecule has 25 heavy (non-hydrogen) atoms. The number of nitrogens with one attached hydrogen (secondary N) is 1. The van der Waals surface area contributed by atoms with Gasteiger partial charge in [-0.15, -0.1) is 0 Å². The summed E-state index contributed by atoms with van der Waals surface area (Å²) in [5.41, 5.74) is 2.87. The fraction of sp³-hybridized carbons (Fsp3) is 0.0476. The van der Waals surface area contributed by atoms with E-state index in [0.717, 1.165) is 16.5 Å². The number of hydrogen-bond donors (Lipinski definition) is 1. The average molecular weight is 328 g/mol. The van der Waals surface area contributed by atoms with Crippen molar-refractivity contribution in [2.24, 2.45) is 7.05 Å². The highest BCUT2D eigenvalue weighted by Crippen LogP contribution is 2.23. The third-order valence-corrected chi connectivity index (χ3v) is 4.38. The van der Waals surface area contributed by atoms with Crippen molar-refractivity contribution in [2.75, 3.05) is 0 Å². The maximum atomic E-state index is 12.9. The summed E-state index contributed by atoms with van der Waals surface area (Å²) in [6.45, 7) is 0. The largest absolute Gasteiger partial charge is 0.350 e. The number of aromatic nitrogens is 2. The van der Waals surface area contributed by atoms with Crippen molar-refractivity contribution >= 4 is 16.7 Å². The third kappa shape index (κ3) is 2.58. The molecule has 0 fully saturated rings. The molecule has 0 saturated carbocycles. The van der Waals surface area contributed by atoms with Gasteiger partial charge in [0.25, 0.3) is 5.56 Å². The lowest BCUT2D eigenvalue weighted by molar-refractivity contribution is 0.103. The number of benzene rings is 2. The first-order valence-electron chi connectivity index (χ1n) is 8.02. The van der Waals surface area contributed by atoms with Crippen LogP contribution in [0.4, 0.5) is 0 Å². The minimum atomic E-state index is -0.376. The number of H-pyrrole nitrogens is 1. The standard InChI is InChI=1S/C21H16N2O2/c1-23-13-17(15-9-5-6-10-19(15)23)20(24)16-11-12-18(22-21(16)25)14-7-3-2-4-8-14/h2-13H,1H3,(H,22,25). The van der Waals surface area contributed by atoms with Crippen molar-refractivity contribution in [3.8, 4) is 11.3 Å². The smallest absolute Gasteiger partial charge is 0.259 e. The SMILES string of the molecule is Cn1cc(C(=O)c2ccc(-c3ccccc3)[nH]c2=O)c2ccccc21. The molecule has 0 unspecified atom stereocenters. The molecule has 0 aliphatic heterocycles. The van der Waals surface area contributed by atoms with Crippen LogP contribution in [0.15, 0.2) is 77.7 Å². The van der Waals surface area contributed by atoms with E-state index in [1.54, 1.807) is 18.3 Å². The van der Waals surface area contributed by atoms with Gasteiger partial charge in [-0.25, -0.2) is 0 Å². The maximum Gasteiger partial charge on any atom is 0.259 e. The molecule has 0 atom stereocenters. The van der Waals surface area contributed by atoms with Crippen LogP contribution in [0.2, 0.25) is 0 Å². The van der Waals surface area contributed by atoms with Gasteiger partial charge in [0.2, 0.25) is 5.78 Å². The van der Waals surface area contributed by atoms with Crippen molar-refractivity contribution in [2.45, 2.75) is 0 Å². The molecular weight excluding hydrogens is 312 g/mol. The van der Waals surface area contributed by atoms with Gasteiger partial charge in [-0.1, -0.05) is 48.5 Å². The number of aromatic amines is 1. The topological polar surface area (TPSA) is 54.9 Å². The van der Waals surface area contributed by atoms with Crippen LogP contribution in [0.3, 0.4) is 0 Å². The van der Waals surface area contributed by atoms with Crippen LogP contribution in [0.5, 0.6) is 0 Å². The quantitative estimate of drug-likeness (QED) is 0.582. The lowest BCUT2D eigenvalue weighted by Gasteiger charge is -2.03. The molecule has 4 rings (SSSR count). The minimum Gasteiger partial charge on any atom is -0.350 e. The molecule has 0 amide bonds. The summed E-state index contributed by atoms with van der Waals surface area (Å²) in [4.78, 5) is 28.2. The number of carbonyl (C=O) groups excluding carboxylic acids is 1. The molecular formula is C21H16N2O2. The van der Waals surface area contributed by atoms with Gasteiger partial charge in [0, 0.05) is 35.4 Å². The van der Waals surface area contributed by atoms with Crippen molar-refractivity contribution in [3.05, 3.63) is 94.4 Å². The van der Waals surface area contributed by atoms with Crippen LogP contribution >= 0.6 is 0 Å². The first-order chi connectivity index (χ1) is 12.1. The Morgan fingerprint density at radius 1 is 0.880 bits per heavy atom. The van der Waals surface area contributed by atoms with Crippen LogP contribution in [-0.4, -0.2) is 15.3 Å². The van der Waals surface area contributed by atoms with Gasteiger partial charge in [0.1, 0.15) is 0 Å². The predicted octanol–water partition coefficient (Wildman–Crippen LogP) is 3.76. The molecule has 0 saturated heterocycles. The molecule has 0 aliphatic carbocycles. The van der Waals surface area contributed by atoms with Gasteiger partial charge < -0.3 is 9.55 Å². The Labute approximate surface area is 144 Å². The molecule has 2 aromatic heterocycles. The van der Waals surface area contributed by atoms with E-state index in [1.807, 2.05) is 66.2 Å². The zero-order valence-electron chi connectivity index (χ0n) is 13.7. The third-order valence-electron chi connectivity index (χ3n) is 4.38. The molecule has 2 heterocycles. The number of para-hydroxylation sites is 1. The average Bonchev–Trinajstić information content (AvgIpc) is 2.99. The number of nitrogens with zero attached hydrogens (tertiary/aromatic N) is 1. The van der Waals surface area contributed by atoms with E-state index in [2.05, 4.69) is 4.98 Å². The molecule has 0 radical (unpaired) electrons. The van der Waals surface area contributed by atoms with Crippen LogP contribution in [0.25, 0.3) is 22.2 Å². The number of carbonyl (C=O) groups is 1. The first-order valence-corrected chi connectivity index (χ1v) is 8.02. The number of ketones is 1. The summed E-state index contributed by atoms with van der Waals surface area (Å²) >= 11 is 0. The van der Waals surface area contributed by atoms with Crippen molar-refractivity contribution in [1.82, 2.24) is 9.55 Å². The van der Waals surface area contributed by atoms with E-state index in [1.165, 1.54) is 0 Å². The van der Waals surface area contributed by atoms with E-state index in [-0.39, 0.29) is 16.9 Å². The number of aryl methyl sites for hydroxylation is 1. The summed E-state index contributed by atoms with van der Waals surface area (Å²) in [6, 6.07) is 20.6. The summed E-state index contributed by atoms with van der Waals surface area (Å²) in [5, 5.41) is 0.849. The highest BCUT2D eigenvalue weighted by Gasteiger charge is 2.18. The van der Waals surface area contributed by atoms with E-state index in [0.29, 0.717) is 11.3 Å². The molecule has 0 spiro atoms. The zero-order chi connectivity index (χ0) is 17.4. The second-order valence-corrected chi connectivity index (χ2v) is 5.98. The summed E-state index contributed by atoms with van der Waals surface area (Å²) in [7, 11) is 1.89. The fourth-order valence-electron chi connectivity index (χ4n) is 3.11. The Bertz CT molecular complexity index is 1140. The van der Waals surface area contributed by atoms with Gasteiger partial charge >= 0.3 is 0 Å². The normalized spacial score (nSPS) is 10.9. The number of pyridine rings is 1.